The number of rotatable bonds is 6. The first-order valence-electron chi connectivity index (χ1n) is 8.29. The van der Waals surface area contributed by atoms with Gasteiger partial charge in [0, 0.05) is 5.02 Å². The van der Waals surface area contributed by atoms with E-state index in [1.807, 2.05) is 0 Å². The van der Waals surface area contributed by atoms with Gasteiger partial charge in [-0.1, -0.05) is 23.2 Å². The minimum absolute atomic E-state index is 0.187. The Hall–Kier alpha value is -1.87. The Kier molecular flexibility index (Phi) is 8.06. The molecular formula is C18H18Cl2N2O4S2. The predicted molar refractivity (Wildman–Crippen MR) is 117 cm³/mol. The highest BCUT2D eigenvalue weighted by Gasteiger charge is 2.26. The zero-order chi connectivity index (χ0) is 20.8. The van der Waals surface area contributed by atoms with Crippen molar-refractivity contribution >= 4 is 74.5 Å². The maximum absolute atomic E-state index is 12.4. The van der Waals surface area contributed by atoms with Gasteiger partial charge < -0.3 is 20.1 Å². The summed E-state index contributed by atoms with van der Waals surface area (Å²) in [5, 5.41) is 7.31. The van der Waals surface area contributed by atoms with E-state index in [4.69, 9.17) is 44.9 Å². The summed E-state index contributed by atoms with van der Waals surface area (Å²) in [6.07, 6.45) is 0. The summed E-state index contributed by atoms with van der Waals surface area (Å²) in [4.78, 5) is 24.9. The Morgan fingerprint density at radius 1 is 1.11 bits per heavy atom. The van der Waals surface area contributed by atoms with Gasteiger partial charge >= 0.3 is 11.9 Å². The van der Waals surface area contributed by atoms with Crippen LogP contribution in [0.3, 0.4) is 0 Å². The Balaban J connectivity index is 2.31. The number of thiocarbonyl (C=S) groups is 1. The molecule has 28 heavy (non-hydrogen) atoms. The van der Waals surface area contributed by atoms with Gasteiger partial charge in [-0.25, -0.2) is 9.59 Å². The van der Waals surface area contributed by atoms with Crippen LogP contribution in [-0.4, -0.2) is 30.3 Å². The van der Waals surface area contributed by atoms with E-state index in [2.05, 4.69) is 10.6 Å². The monoisotopic (exact) mass is 460 g/mol. The Bertz CT molecular complexity index is 915. The second-order valence-corrected chi connectivity index (χ2v) is 7.68. The highest BCUT2D eigenvalue weighted by atomic mass is 35.5. The first-order valence-corrected chi connectivity index (χ1v) is 10.3. The molecule has 2 aromatic rings. The lowest BCUT2D eigenvalue weighted by Crippen LogP contribution is -2.20. The summed E-state index contributed by atoms with van der Waals surface area (Å²) in [7, 11) is 0. The molecule has 0 fully saturated rings. The van der Waals surface area contributed by atoms with Crippen LogP contribution in [0.1, 0.15) is 39.4 Å². The number of nitrogens with one attached hydrogen (secondary N) is 2. The van der Waals surface area contributed by atoms with E-state index >= 15 is 0 Å². The van der Waals surface area contributed by atoms with Gasteiger partial charge in [0.05, 0.1) is 29.5 Å². The van der Waals surface area contributed by atoms with Gasteiger partial charge in [-0.05, 0) is 56.8 Å². The van der Waals surface area contributed by atoms with Gasteiger partial charge in [-0.2, -0.15) is 0 Å². The normalized spacial score (nSPS) is 10.3. The number of ether oxygens (including phenoxy) is 2. The van der Waals surface area contributed by atoms with Crippen molar-refractivity contribution in [1.29, 1.82) is 0 Å². The maximum atomic E-state index is 12.4. The third-order valence-electron chi connectivity index (χ3n) is 3.49. The maximum Gasteiger partial charge on any atom is 0.348 e. The summed E-state index contributed by atoms with van der Waals surface area (Å²) in [5.74, 6) is -1.06. The lowest BCUT2D eigenvalue weighted by molar-refractivity contribution is 0.0527. The van der Waals surface area contributed by atoms with Gasteiger partial charge in [0.15, 0.2) is 5.11 Å². The second-order valence-electron chi connectivity index (χ2n) is 5.40. The van der Waals surface area contributed by atoms with Crippen molar-refractivity contribution in [2.24, 2.45) is 0 Å². The van der Waals surface area contributed by atoms with Crippen LogP contribution < -0.4 is 10.6 Å². The van der Waals surface area contributed by atoms with E-state index in [0.29, 0.717) is 31.2 Å². The van der Waals surface area contributed by atoms with Gasteiger partial charge in [0.2, 0.25) is 0 Å². The number of halogens is 2. The summed E-state index contributed by atoms with van der Waals surface area (Å²) in [6, 6.07) is 4.91. The van der Waals surface area contributed by atoms with Crippen molar-refractivity contribution in [3.63, 3.8) is 0 Å². The summed E-state index contributed by atoms with van der Waals surface area (Å²) in [5.41, 5.74) is 1.25. The van der Waals surface area contributed by atoms with Crippen LogP contribution >= 0.6 is 46.8 Å². The molecule has 0 aliphatic heterocycles. The number of carbonyl (C=O) groups excluding carboxylic acids is 2. The fourth-order valence-electron chi connectivity index (χ4n) is 2.29. The molecule has 150 valence electrons. The third-order valence-corrected chi connectivity index (χ3v) is 5.43. The van der Waals surface area contributed by atoms with E-state index in [-0.39, 0.29) is 23.9 Å². The number of hydrogen-bond acceptors (Lipinski definition) is 6. The number of hydrogen-bond donors (Lipinski definition) is 2. The van der Waals surface area contributed by atoms with Crippen molar-refractivity contribution in [2.75, 3.05) is 23.8 Å². The largest absolute Gasteiger partial charge is 0.462 e. The molecule has 0 radical (unpaired) electrons. The van der Waals surface area contributed by atoms with Crippen LogP contribution in [-0.2, 0) is 9.47 Å². The molecule has 1 aromatic carbocycles. The number of carbonyl (C=O) groups is 2. The van der Waals surface area contributed by atoms with Crippen LogP contribution in [0.15, 0.2) is 18.2 Å². The van der Waals surface area contributed by atoms with Crippen molar-refractivity contribution in [1.82, 2.24) is 0 Å². The molecule has 0 aliphatic rings. The molecule has 1 heterocycles. The Morgan fingerprint density at radius 3 is 2.36 bits per heavy atom. The van der Waals surface area contributed by atoms with E-state index in [0.717, 1.165) is 11.3 Å². The molecule has 0 unspecified atom stereocenters. The lowest BCUT2D eigenvalue weighted by Gasteiger charge is -2.12. The molecule has 2 rings (SSSR count). The topological polar surface area (TPSA) is 76.7 Å². The summed E-state index contributed by atoms with van der Waals surface area (Å²) >= 11 is 18.4. The molecule has 0 saturated carbocycles. The third kappa shape index (κ3) is 5.35. The molecule has 0 aliphatic carbocycles. The van der Waals surface area contributed by atoms with Crippen LogP contribution in [0.2, 0.25) is 10.0 Å². The molecule has 0 amide bonds. The van der Waals surface area contributed by atoms with Gasteiger partial charge in [-0.15, -0.1) is 11.3 Å². The predicted octanol–water partition coefficient (Wildman–Crippen LogP) is 5.53. The molecule has 6 nitrogen and oxygen atoms in total. The Morgan fingerprint density at radius 2 is 1.75 bits per heavy atom. The molecule has 1 aromatic heterocycles. The molecular weight excluding hydrogens is 443 g/mol. The van der Waals surface area contributed by atoms with Crippen molar-refractivity contribution < 1.29 is 19.1 Å². The van der Waals surface area contributed by atoms with Gasteiger partial charge in [0.25, 0.3) is 0 Å². The average Bonchev–Trinajstić information content (AvgIpc) is 2.94. The van der Waals surface area contributed by atoms with Crippen molar-refractivity contribution in [3.8, 4) is 0 Å². The van der Waals surface area contributed by atoms with E-state index < -0.39 is 11.9 Å². The number of anilines is 2. The minimum Gasteiger partial charge on any atom is -0.462 e. The van der Waals surface area contributed by atoms with Crippen molar-refractivity contribution in [2.45, 2.75) is 20.8 Å². The minimum atomic E-state index is -0.554. The molecule has 0 bridgehead atoms. The first-order chi connectivity index (χ1) is 13.3. The molecule has 0 spiro atoms. The van der Waals surface area contributed by atoms with Crippen molar-refractivity contribution in [3.05, 3.63) is 44.2 Å². The fraction of sp³-hybridized carbons (Fsp3) is 0.278. The molecule has 10 heteroatoms. The number of thiophene rings is 1. The standard InChI is InChI=1S/C18H18Cl2N2O4S2/c1-4-25-16(23)13-9(3)14(17(24)26-5-2)28-15(13)22-18(27)21-12-7-6-10(19)8-11(12)20/h6-8H,4-5H2,1-3H3,(H2,21,22,27). The SMILES string of the molecule is CCOC(=O)c1sc(NC(=S)Nc2ccc(Cl)cc2Cl)c(C(=O)OCC)c1C. The Labute approximate surface area is 182 Å². The van der Waals surface area contributed by atoms with E-state index in [9.17, 15) is 9.59 Å². The first kappa shape index (κ1) is 22.4. The lowest BCUT2D eigenvalue weighted by atomic mass is 10.1. The molecule has 0 atom stereocenters. The van der Waals surface area contributed by atoms with Gasteiger partial charge in [0.1, 0.15) is 9.88 Å². The molecule has 2 N–H and O–H groups in total. The highest BCUT2D eigenvalue weighted by molar-refractivity contribution is 7.80. The van der Waals surface area contributed by atoms with Gasteiger partial charge in [-0.3, -0.25) is 0 Å². The molecule has 0 saturated heterocycles. The van der Waals surface area contributed by atoms with Crippen LogP contribution in [0.25, 0.3) is 0 Å². The van der Waals surface area contributed by atoms with E-state index in [1.54, 1.807) is 39.0 Å². The summed E-state index contributed by atoms with van der Waals surface area (Å²) < 4.78 is 10.2. The fourth-order valence-corrected chi connectivity index (χ4v) is 4.11. The second kappa shape index (κ2) is 10.1. The highest BCUT2D eigenvalue weighted by Crippen LogP contribution is 2.35. The van der Waals surface area contributed by atoms with Crippen LogP contribution in [0.5, 0.6) is 0 Å². The quantitative estimate of drug-likeness (QED) is 0.433. The number of benzene rings is 1. The summed E-state index contributed by atoms with van der Waals surface area (Å²) in [6.45, 7) is 5.50. The zero-order valence-corrected chi connectivity index (χ0v) is 18.5. The average molecular weight is 461 g/mol. The van der Waals surface area contributed by atoms with Crippen LogP contribution in [0.4, 0.5) is 10.7 Å². The zero-order valence-electron chi connectivity index (χ0n) is 15.4. The van der Waals surface area contributed by atoms with Crippen LogP contribution in [0, 0.1) is 6.92 Å². The van der Waals surface area contributed by atoms with E-state index in [1.165, 1.54) is 0 Å². The smallest absolute Gasteiger partial charge is 0.348 e. The number of esters is 2.